The highest BCUT2D eigenvalue weighted by atomic mass is 32.1. The summed E-state index contributed by atoms with van der Waals surface area (Å²) in [5.41, 5.74) is 9.51. The van der Waals surface area contributed by atoms with E-state index in [1.165, 1.54) is 11.6 Å². The number of benzene rings is 2. The number of ether oxygens (including phenoxy) is 1. The average molecular weight is 546 g/mol. The van der Waals surface area contributed by atoms with E-state index < -0.39 is 0 Å². The number of morpholine rings is 1. The van der Waals surface area contributed by atoms with Crippen molar-refractivity contribution in [1.29, 1.82) is 0 Å². The summed E-state index contributed by atoms with van der Waals surface area (Å²) in [6.07, 6.45) is 0.666. The van der Waals surface area contributed by atoms with Gasteiger partial charge in [0.05, 0.1) is 30.7 Å². The molecule has 2 aromatic carbocycles. The van der Waals surface area contributed by atoms with Gasteiger partial charge in [0.25, 0.3) is 5.91 Å². The van der Waals surface area contributed by atoms with E-state index in [0.717, 1.165) is 39.6 Å². The number of carbonyl (C=O) groups is 1. The van der Waals surface area contributed by atoms with Gasteiger partial charge in [0, 0.05) is 41.8 Å². The number of nitrogens with zero attached hydrogens (tertiary/aromatic N) is 4. The highest BCUT2D eigenvalue weighted by Gasteiger charge is 2.30. The summed E-state index contributed by atoms with van der Waals surface area (Å²) >= 11 is 1.59. The van der Waals surface area contributed by atoms with Crippen LogP contribution >= 0.6 is 11.3 Å². The molecular weight excluding hydrogens is 514 g/mol. The lowest BCUT2D eigenvalue weighted by Crippen LogP contribution is -2.37. The number of phenols is 2. The molecule has 4 N–H and O–H groups in total. The normalized spacial score (nSPS) is 15.7. The standard InChI is InChI=1S/C29H31N5O4S/c1-16(2)20-13-21(23(36)14-22(20)35)29(37)34-8-7-19-24(15-34)39-28-25(19)27(33-9-11-38-12-10-33)31-26(32-28)17-3-5-18(30)6-4-17/h3-6,13-14,16,35-36H,7-12,15,30H2,1-2H3. The number of thiophene rings is 1. The third-order valence-electron chi connectivity index (χ3n) is 7.45. The monoisotopic (exact) mass is 545 g/mol. The van der Waals surface area contributed by atoms with Gasteiger partial charge in [0.1, 0.15) is 22.1 Å². The van der Waals surface area contributed by atoms with Crippen LogP contribution in [0.3, 0.4) is 0 Å². The van der Waals surface area contributed by atoms with Crippen LogP contribution in [-0.4, -0.2) is 63.8 Å². The molecule has 0 unspecified atom stereocenters. The second-order valence-electron chi connectivity index (χ2n) is 10.3. The Morgan fingerprint density at radius 1 is 1.05 bits per heavy atom. The number of nitrogens with two attached hydrogens (primary N) is 1. The number of anilines is 2. The topological polar surface area (TPSA) is 125 Å². The summed E-state index contributed by atoms with van der Waals surface area (Å²) in [5, 5.41) is 21.8. The molecule has 0 spiro atoms. The van der Waals surface area contributed by atoms with Gasteiger partial charge < -0.3 is 30.5 Å². The van der Waals surface area contributed by atoms with Gasteiger partial charge in [-0.05, 0) is 53.8 Å². The van der Waals surface area contributed by atoms with Crippen LogP contribution in [0.1, 0.15) is 46.1 Å². The molecule has 39 heavy (non-hydrogen) atoms. The number of carbonyl (C=O) groups excluding carboxylic acids is 1. The second kappa shape index (κ2) is 10.0. The Morgan fingerprint density at radius 3 is 2.51 bits per heavy atom. The maximum atomic E-state index is 13.5. The van der Waals surface area contributed by atoms with Gasteiger partial charge in [-0.2, -0.15) is 0 Å². The fourth-order valence-corrected chi connectivity index (χ4v) is 6.54. The molecule has 0 bridgehead atoms. The number of hydrogen-bond acceptors (Lipinski definition) is 9. The van der Waals surface area contributed by atoms with Crippen LogP contribution in [0, 0.1) is 0 Å². The molecule has 202 valence electrons. The number of aromatic hydroxyl groups is 2. The van der Waals surface area contributed by atoms with Crippen molar-refractivity contribution in [3.05, 3.63) is 58.0 Å². The lowest BCUT2D eigenvalue weighted by molar-refractivity contribution is 0.0734. The number of phenolic OH excluding ortho intramolecular Hbond substituents is 2. The fraction of sp³-hybridized carbons (Fsp3) is 0.345. The van der Waals surface area contributed by atoms with Crippen LogP contribution in [0.25, 0.3) is 21.6 Å². The number of hydrogen-bond donors (Lipinski definition) is 3. The fourth-order valence-electron chi connectivity index (χ4n) is 5.31. The van der Waals surface area contributed by atoms with E-state index >= 15 is 0 Å². The van der Waals surface area contributed by atoms with Crippen molar-refractivity contribution in [2.24, 2.45) is 0 Å². The van der Waals surface area contributed by atoms with Crippen LogP contribution in [0.5, 0.6) is 11.5 Å². The molecule has 1 saturated heterocycles. The van der Waals surface area contributed by atoms with E-state index in [0.29, 0.717) is 49.8 Å². The number of aromatic nitrogens is 2. The van der Waals surface area contributed by atoms with Gasteiger partial charge in [0.15, 0.2) is 5.82 Å². The zero-order valence-corrected chi connectivity index (χ0v) is 22.8. The molecule has 4 heterocycles. The van der Waals surface area contributed by atoms with Crippen molar-refractivity contribution >= 4 is 39.0 Å². The van der Waals surface area contributed by atoms with Crippen LogP contribution in [0.15, 0.2) is 36.4 Å². The van der Waals surface area contributed by atoms with Gasteiger partial charge in [-0.1, -0.05) is 13.8 Å². The first-order valence-corrected chi connectivity index (χ1v) is 14.0. The van der Waals surface area contributed by atoms with Crippen molar-refractivity contribution in [2.75, 3.05) is 43.5 Å². The molecule has 0 radical (unpaired) electrons. The van der Waals surface area contributed by atoms with Gasteiger partial charge in [-0.15, -0.1) is 11.3 Å². The highest BCUT2D eigenvalue weighted by Crippen LogP contribution is 2.41. The van der Waals surface area contributed by atoms with E-state index in [9.17, 15) is 15.0 Å². The smallest absolute Gasteiger partial charge is 0.257 e. The summed E-state index contributed by atoms with van der Waals surface area (Å²) in [6.45, 7) is 7.61. The zero-order valence-electron chi connectivity index (χ0n) is 22.0. The van der Waals surface area contributed by atoms with E-state index in [4.69, 9.17) is 20.4 Å². The molecule has 0 aliphatic carbocycles. The minimum Gasteiger partial charge on any atom is -0.508 e. The van der Waals surface area contributed by atoms with E-state index in [2.05, 4.69) is 4.90 Å². The third-order valence-corrected chi connectivity index (χ3v) is 8.56. The number of fused-ring (bicyclic) bond motifs is 3. The Hall–Kier alpha value is -3.89. The van der Waals surface area contributed by atoms with Gasteiger partial charge in [-0.3, -0.25) is 4.79 Å². The predicted molar refractivity (Wildman–Crippen MR) is 153 cm³/mol. The average Bonchev–Trinajstić information content (AvgIpc) is 3.30. The molecule has 2 aliphatic heterocycles. The van der Waals surface area contributed by atoms with Gasteiger partial charge >= 0.3 is 0 Å². The summed E-state index contributed by atoms with van der Waals surface area (Å²) in [6, 6.07) is 10.4. The second-order valence-corrected chi connectivity index (χ2v) is 11.4. The first-order valence-electron chi connectivity index (χ1n) is 13.2. The van der Waals surface area contributed by atoms with E-state index in [-0.39, 0.29) is 28.9 Å². The third kappa shape index (κ3) is 4.63. The molecule has 9 nitrogen and oxygen atoms in total. The molecule has 2 aromatic heterocycles. The van der Waals surface area contributed by atoms with Gasteiger partial charge in [-0.25, -0.2) is 9.97 Å². The molecule has 6 rings (SSSR count). The highest BCUT2D eigenvalue weighted by molar-refractivity contribution is 7.19. The van der Waals surface area contributed by atoms with Crippen LogP contribution in [-0.2, 0) is 17.7 Å². The Bertz CT molecular complexity index is 1560. The molecule has 2 aliphatic rings. The molecule has 1 amide bonds. The Kier molecular flexibility index (Phi) is 6.52. The first kappa shape index (κ1) is 25.4. The van der Waals surface area contributed by atoms with E-state index in [1.807, 2.05) is 38.1 Å². The number of rotatable bonds is 4. The largest absolute Gasteiger partial charge is 0.508 e. The van der Waals surface area contributed by atoms with E-state index in [1.54, 1.807) is 22.3 Å². The van der Waals surface area contributed by atoms with Crippen molar-refractivity contribution in [2.45, 2.75) is 32.7 Å². The summed E-state index contributed by atoms with van der Waals surface area (Å²) in [5.74, 6) is 1.10. The molecule has 1 fully saturated rings. The molecular formula is C29H31N5O4S. The lowest BCUT2D eigenvalue weighted by Gasteiger charge is -2.30. The number of nitrogen functional groups attached to an aromatic ring is 1. The number of amides is 1. The van der Waals surface area contributed by atoms with Crippen molar-refractivity contribution in [3.8, 4) is 22.9 Å². The maximum Gasteiger partial charge on any atom is 0.257 e. The Labute approximate surface area is 230 Å². The Morgan fingerprint density at radius 2 is 1.79 bits per heavy atom. The minimum absolute atomic E-state index is 0.00406. The van der Waals surface area contributed by atoms with Crippen LogP contribution in [0.2, 0.25) is 0 Å². The molecule has 0 atom stereocenters. The Balaban J connectivity index is 1.39. The van der Waals surface area contributed by atoms with Crippen LogP contribution < -0.4 is 10.6 Å². The maximum absolute atomic E-state index is 13.5. The van der Waals surface area contributed by atoms with Crippen LogP contribution in [0.4, 0.5) is 11.5 Å². The first-order chi connectivity index (χ1) is 18.8. The molecule has 10 heteroatoms. The summed E-state index contributed by atoms with van der Waals surface area (Å²) in [4.78, 5) is 29.5. The summed E-state index contributed by atoms with van der Waals surface area (Å²) in [7, 11) is 0. The SMILES string of the molecule is CC(C)c1cc(C(=O)N2CCc3c(sc4nc(-c5ccc(N)cc5)nc(N5CCOCC5)c34)C2)c(O)cc1O. The quantitative estimate of drug-likeness (QED) is 0.320. The van der Waals surface area contributed by atoms with Crippen molar-refractivity contribution < 1.29 is 19.7 Å². The molecule has 0 saturated carbocycles. The van der Waals surface area contributed by atoms with Crippen molar-refractivity contribution in [3.63, 3.8) is 0 Å². The van der Waals surface area contributed by atoms with Crippen molar-refractivity contribution in [1.82, 2.24) is 14.9 Å². The zero-order chi connectivity index (χ0) is 27.3. The van der Waals surface area contributed by atoms with Gasteiger partial charge in [0.2, 0.25) is 0 Å². The minimum atomic E-state index is -0.250. The summed E-state index contributed by atoms with van der Waals surface area (Å²) < 4.78 is 5.60. The lowest BCUT2D eigenvalue weighted by atomic mass is 9.97. The molecule has 4 aromatic rings. The predicted octanol–water partition coefficient (Wildman–Crippen LogP) is 4.51.